The van der Waals surface area contributed by atoms with E-state index in [4.69, 9.17) is 5.11 Å². The molecule has 0 saturated heterocycles. The summed E-state index contributed by atoms with van der Waals surface area (Å²) in [6.45, 7) is 0. The molecule has 4 nitrogen and oxygen atoms in total. The first-order chi connectivity index (χ1) is 7.34. The molecule has 0 spiro atoms. The monoisotopic (exact) mass is 249 g/mol. The highest BCUT2D eigenvalue weighted by Crippen LogP contribution is 2.33. The number of carboxylic acid groups (broad SMARTS) is 1. The van der Waals surface area contributed by atoms with Gasteiger partial charge in [-0.05, 0) is 5.92 Å². The summed E-state index contributed by atoms with van der Waals surface area (Å²) in [5.41, 5.74) is -0.477. The molecule has 0 aliphatic rings. The fraction of sp³-hybridized carbons (Fsp3) is 0.125. The van der Waals surface area contributed by atoms with Crippen LogP contribution < -0.4 is 0 Å². The highest BCUT2D eigenvalue weighted by Gasteiger charge is 2.35. The first-order valence-electron chi connectivity index (χ1n) is 3.62. The molecule has 0 amide bonds. The smallest absolute Gasteiger partial charge is 0.443 e. The summed E-state index contributed by atoms with van der Waals surface area (Å²) in [6, 6.07) is 0. The van der Waals surface area contributed by atoms with Gasteiger partial charge in [0.2, 0.25) is 0 Å². The van der Waals surface area contributed by atoms with Crippen molar-refractivity contribution in [3.05, 3.63) is 15.6 Å². The normalized spacial score (nSPS) is 10.4. The largest absolute Gasteiger partial charge is 0.472 e. The van der Waals surface area contributed by atoms with Gasteiger partial charge in [0.15, 0.2) is 11.3 Å². The molecule has 0 bridgehead atoms. The number of halogens is 3. The molecule has 0 aliphatic carbocycles. The van der Waals surface area contributed by atoms with Crippen molar-refractivity contribution < 1.29 is 27.9 Å². The lowest BCUT2D eigenvalue weighted by atomic mass is 10.4. The molecule has 1 heterocycles. The minimum Gasteiger partial charge on any atom is -0.472 e. The number of aliphatic carboxylic acids is 1. The Hall–Kier alpha value is -1.88. The summed E-state index contributed by atoms with van der Waals surface area (Å²) in [6.07, 6.45) is -4.52. The van der Waals surface area contributed by atoms with Gasteiger partial charge in [0.25, 0.3) is 0 Å². The molecule has 0 atom stereocenters. The summed E-state index contributed by atoms with van der Waals surface area (Å²) < 4.78 is 36.6. The van der Waals surface area contributed by atoms with E-state index in [-0.39, 0.29) is 22.5 Å². The topological polar surface area (TPSA) is 67.3 Å². The Morgan fingerprint density at radius 1 is 1.50 bits per heavy atom. The van der Waals surface area contributed by atoms with E-state index in [2.05, 4.69) is 4.98 Å². The molecule has 0 aromatic carbocycles. The number of carboxylic acids is 1. The van der Waals surface area contributed by atoms with Crippen molar-refractivity contribution in [2.24, 2.45) is 0 Å². The lowest BCUT2D eigenvalue weighted by Gasteiger charge is -1.98. The van der Waals surface area contributed by atoms with Gasteiger partial charge in [-0.25, -0.2) is 9.78 Å². The summed E-state index contributed by atoms with van der Waals surface area (Å²) in [5.74, 6) is 1.95. The van der Waals surface area contributed by atoms with Crippen LogP contribution in [0.25, 0.3) is 0 Å². The molecule has 84 valence electrons. The van der Waals surface area contributed by atoms with E-state index in [1.165, 1.54) is 0 Å². The van der Waals surface area contributed by atoms with Crippen molar-refractivity contribution in [2.45, 2.75) is 6.18 Å². The van der Waals surface area contributed by atoms with Crippen LogP contribution in [0, 0.1) is 11.8 Å². The van der Waals surface area contributed by atoms with Crippen LogP contribution in [0.5, 0.6) is 0 Å². The Bertz CT molecular complexity index is 495. The molecule has 1 aromatic rings. The second-order valence-electron chi connectivity index (χ2n) is 2.40. The molecule has 0 aliphatic heterocycles. The zero-order valence-corrected chi connectivity index (χ0v) is 8.15. The van der Waals surface area contributed by atoms with Gasteiger partial charge in [-0.3, -0.25) is 4.79 Å². The zero-order chi connectivity index (χ0) is 12.3. The van der Waals surface area contributed by atoms with Crippen molar-refractivity contribution in [1.82, 2.24) is 4.98 Å². The minimum absolute atomic E-state index is 0.119. The summed E-state index contributed by atoms with van der Waals surface area (Å²) in [4.78, 5) is 23.2. The fourth-order valence-corrected chi connectivity index (χ4v) is 1.44. The van der Waals surface area contributed by atoms with Crippen LogP contribution in [0.15, 0.2) is 0 Å². The average Bonchev–Trinajstić information content (AvgIpc) is 2.56. The van der Waals surface area contributed by atoms with Gasteiger partial charge in [-0.1, -0.05) is 0 Å². The van der Waals surface area contributed by atoms with E-state index in [0.29, 0.717) is 0 Å². The number of carbonyl (C=O) groups excluding carboxylic acids is 1. The third-order valence-electron chi connectivity index (χ3n) is 1.29. The quantitative estimate of drug-likeness (QED) is 0.603. The Balaban J connectivity index is 3.21. The maximum atomic E-state index is 12.2. The zero-order valence-electron chi connectivity index (χ0n) is 7.33. The third kappa shape index (κ3) is 2.80. The molecule has 1 N–H and O–H groups in total. The number of carbonyl (C=O) groups is 2. The predicted octanol–water partition coefficient (Wildman–Crippen LogP) is 1.41. The SMILES string of the molecule is O=Cc1sc(C(F)(F)F)nc1C#CC(=O)O. The Kier molecular flexibility index (Phi) is 3.29. The van der Waals surface area contributed by atoms with Gasteiger partial charge in [0.1, 0.15) is 10.6 Å². The molecular weight excluding hydrogens is 247 g/mol. The van der Waals surface area contributed by atoms with Crippen LogP contribution in [0.3, 0.4) is 0 Å². The number of rotatable bonds is 1. The predicted molar refractivity (Wildman–Crippen MR) is 47.0 cm³/mol. The molecule has 1 aromatic heterocycles. The van der Waals surface area contributed by atoms with Gasteiger partial charge in [0.05, 0.1) is 0 Å². The maximum absolute atomic E-state index is 12.2. The first kappa shape index (κ1) is 12.2. The minimum atomic E-state index is -4.68. The third-order valence-corrected chi connectivity index (χ3v) is 2.32. The van der Waals surface area contributed by atoms with Crippen LogP contribution in [0.4, 0.5) is 13.2 Å². The lowest BCUT2D eigenvalue weighted by molar-refractivity contribution is -0.137. The lowest BCUT2D eigenvalue weighted by Crippen LogP contribution is -2.03. The van der Waals surface area contributed by atoms with Crippen molar-refractivity contribution in [3.63, 3.8) is 0 Å². The van der Waals surface area contributed by atoms with Crippen LogP contribution in [0.1, 0.15) is 20.4 Å². The van der Waals surface area contributed by atoms with Gasteiger partial charge < -0.3 is 5.11 Å². The number of alkyl halides is 3. The molecule has 1 rings (SSSR count). The summed E-state index contributed by atoms with van der Waals surface area (Å²) in [5, 5.41) is 6.96. The van der Waals surface area contributed by atoms with E-state index >= 15 is 0 Å². The van der Waals surface area contributed by atoms with Crippen LogP contribution >= 0.6 is 11.3 Å². The fourth-order valence-electron chi connectivity index (χ4n) is 0.735. The number of thiazole rings is 1. The van der Waals surface area contributed by atoms with E-state index in [9.17, 15) is 22.8 Å². The highest BCUT2D eigenvalue weighted by molar-refractivity contribution is 7.13. The second kappa shape index (κ2) is 4.32. The number of nitrogens with zero attached hydrogens (tertiary/aromatic N) is 1. The summed E-state index contributed by atoms with van der Waals surface area (Å²) in [7, 11) is 0. The molecule has 0 unspecified atom stereocenters. The number of aldehydes is 1. The van der Waals surface area contributed by atoms with Gasteiger partial charge in [-0.2, -0.15) is 13.2 Å². The molecule has 0 saturated carbocycles. The van der Waals surface area contributed by atoms with E-state index in [0.717, 1.165) is 0 Å². The van der Waals surface area contributed by atoms with E-state index < -0.39 is 22.8 Å². The second-order valence-corrected chi connectivity index (χ2v) is 3.43. The standard InChI is InChI=1S/C8H2F3NO3S/c9-8(10,11)7-12-4(1-2-6(14)15)5(3-13)16-7/h3H,(H,14,15). The first-order valence-corrected chi connectivity index (χ1v) is 4.44. The number of aromatic nitrogens is 1. The number of hydrogen-bond acceptors (Lipinski definition) is 4. The number of hydrogen-bond donors (Lipinski definition) is 1. The van der Waals surface area contributed by atoms with Gasteiger partial charge >= 0.3 is 12.1 Å². The maximum Gasteiger partial charge on any atom is 0.443 e. The molecule has 8 heteroatoms. The van der Waals surface area contributed by atoms with Crippen LogP contribution in [-0.4, -0.2) is 22.3 Å². The van der Waals surface area contributed by atoms with E-state index in [1.54, 1.807) is 5.92 Å². The van der Waals surface area contributed by atoms with Crippen molar-refractivity contribution in [1.29, 1.82) is 0 Å². The summed E-state index contributed by atoms with van der Waals surface area (Å²) >= 11 is 0.119. The van der Waals surface area contributed by atoms with Crippen molar-refractivity contribution >= 4 is 23.6 Å². The molecular formula is C8H2F3NO3S. The van der Waals surface area contributed by atoms with E-state index in [1.807, 2.05) is 5.92 Å². The Morgan fingerprint density at radius 3 is 2.56 bits per heavy atom. The Morgan fingerprint density at radius 2 is 2.12 bits per heavy atom. The van der Waals surface area contributed by atoms with Gasteiger partial charge in [0, 0.05) is 5.92 Å². The van der Waals surface area contributed by atoms with Crippen LogP contribution in [0.2, 0.25) is 0 Å². The van der Waals surface area contributed by atoms with Crippen molar-refractivity contribution in [2.75, 3.05) is 0 Å². The molecule has 16 heavy (non-hydrogen) atoms. The highest BCUT2D eigenvalue weighted by atomic mass is 32.1. The Labute approximate surface area is 90.7 Å². The molecule has 0 radical (unpaired) electrons. The average molecular weight is 249 g/mol. The van der Waals surface area contributed by atoms with Crippen molar-refractivity contribution in [3.8, 4) is 11.8 Å². The van der Waals surface area contributed by atoms with Crippen LogP contribution in [-0.2, 0) is 11.0 Å². The van der Waals surface area contributed by atoms with Gasteiger partial charge in [-0.15, -0.1) is 11.3 Å². The molecule has 0 fully saturated rings.